The van der Waals surface area contributed by atoms with Crippen LogP contribution in [0.5, 0.6) is 0 Å². The molecule has 3 rings (SSSR count). The van der Waals surface area contributed by atoms with Gasteiger partial charge < -0.3 is 0 Å². The Bertz CT molecular complexity index is 934. The summed E-state index contributed by atoms with van der Waals surface area (Å²) in [6.07, 6.45) is 1.33. The number of aromatic nitrogens is 2. The van der Waals surface area contributed by atoms with E-state index in [1.165, 1.54) is 18.3 Å². The lowest BCUT2D eigenvalue weighted by molar-refractivity contribution is -0.384. The molecule has 0 unspecified atom stereocenters. The predicted molar refractivity (Wildman–Crippen MR) is 92.2 cm³/mol. The number of nitro benzene ring substituents is 1. The van der Waals surface area contributed by atoms with Crippen LogP contribution >= 0.6 is 0 Å². The Hall–Kier alpha value is -3.81. The van der Waals surface area contributed by atoms with E-state index in [2.05, 4.69) is 20.7 Å². The second-order valence-corrected chi connectivity index (χ2v) is 5.08. The van der Waals surface area contributed by atoms with Crippen molar-refractivity contribution in [3.63, 3.8) is 0 Å². The molecule has 0 aliphatic carbocycles. The van der Waals surface area contributed by atoms with Crippen LogP contribution < -0.4 is 5.43 Å². The lowest BCUT2D eigenvalue weighted by Crippen LogP contribution is -2.18. The monoisotopic (exact) mass is 335 g/mol. The van der Waals surface area contributed by atoms with E-state index < -0.39 is 10.8 Å². The van der Waals surface area contributed by atoms with Crippen molar-refractivity contribution in [2.45, 2.75) is 0 Å². The predicted octanol–water partition coefficient (Wildman–Crippen LogP) is 2.75. The van der Waals surface area contributed by atoms with Crippen molar-refractivity contribution in [3.8, 4) is 11.3 Å². The smallest absolute Gasteiger partial charge is 0.272 e. The summed E-state index contributed by atoms with van der Waals surface area (Å²) in [5, 5.41) is 21.3. The van der Waals surface area contributed by atoms with Gasteiger partial charge in [0.15, 0.2) is 0 Å². The molecule has 25 heavy (non-hydrogen) atoms. The Balaban J connectivity index is 1.66. The Kier molecular flexibility index (Phi) is 4.61. The summed E-state index contributed by atoms with van der Waals surface area (Å²) < 4.78 is 0. The number of amides is 1. The summed E-state index contributed by atoms with van der Waals surface area (Å²) in [5.74, 6) is -0.462. The molecule has 0 saturated heterocycles. The summed E-state index contributed by atoms with van der Waals surface area (Å²) in [4.78, 5) is 22.3. The average Bonchev–Trinajstić information content (AvgIpc) is 3.13. The molecule has 0 aliphatic rings. The number of hydrogen-bond acceptors (Lipinski definition) is 5. The van der Waals surface area contributed by atoms with Gasteiger partial charge in [-0.3, -0.25) is 20.0 Å². The number of H-pyrrole nitrogens is 1. The fraction of sp³-hybridized carbons (Fsp3) is 0. The van der Waals surface area contributed by atoms with E-state index in [-0.39, 0.29) is 11.4 Å². The number of carbonyl (C=O) groups is 1. The largest absolute Gasteiger partial charge is 0.289 e. The van der Waals surface area contributed by atoms with Gasteiger partial charge in [0.25, 0.3) is 11.6 Å². The first-order valence-electron chi connectivity index (χ1n) is 7.32. The van der Waals surface area contributed by atoms with Crippen molar-refractivity contribution in [2.24, 2.45) is 5.10 Å². The number of benzene rings is 2. The molecule has 2 aromatic carbocycles. The Morgan fingerprint density at radius 1 is 1.16 bits per heavy atom. The number of aromatic amines is 1. The normalized spacial score (nSPS) is 10.7. The van der Waals surface area contributed by atoms with E-state index in [9.17, 15) is 14.9 Å². The highest BCUT2D eigenvalue weighted by molar-refractivity contribution is 5.94. The van der Waals surface area contributed by atoms with Crippen molar-refractivity contribution in [2.75, 3.05) is 0 Å². The van der Waals surface area contributed by atoms with Gasteiger partial charge in [-0.05, 0) is 6.07 Å². The van der Waals surface area contributed by atoms with Gasteiger partial charge in [0.2, 0.25) is 0 Å². The van der Waals surface area contributed by atoms with Crippen LogP contribution in [0.3, 0.4) is 0 Å². The lowest BCUT2D eigenvalue weighted by Gasteiger charge is -1.96. The van der Waals surface area contributed by atoms with Crippen LogP contribution in [-0.4, -0.2) is 27.2 Å². The van der Waals surface area contributed by atoms with Crippen molar-refractivity contribution < 1.29 is 9.72 Å². The molecular weight excluding hydrogens is 322 g/mol. The molecule has 0 aliphatic heterocycles. The zero-order valence-electron chi connectivity index (χ0n) is 12.9. The molecule has 0 fully saturated rings. The molecule has 1 amide bonds. The van der Waals surface area contributed by atoms with Crippen molar-refractivity contribution in [1.29, 1.82) is 0 Å². The zero-order chi connectivity index (χ0) is 17.6. The highest BCUT2D eigenvalue weighted by Crippen LogP contribution is 2.16. The van der Waals surface area contributed by atoms with Crippen molar-refractivity contribution >= 4 is 17.8 Å². The molecule has 0 spiro atoms. The maximum Gasteiger partial charge on any atom is 0.289 e. The number of hydrazone groups is 1. The molecule has 8 heteroatoms. The van der Waals surface area contributed by atoms with Gasteiger partial charge in [-0.15, -0.1) is 0 Å². The maximum absolute atomic E-state index is 12.1. The first-order valence-corrected chi connectivity index (χ1v) is 7.32. The standard InChI is InChI=1S/C17H13N5O3/c23-17(16-10-15(19-20-16)13-6-2-1-3-7-13)21-18-11-12-5-4-8-14(9-12)22(24)25/h1-11H,(H,19,20)(H,21,23)/b18-11-. The van der Waals surface area contributed by atoms with E-state index in [1.54, 1.807) is 18.2 Å². The van der Waals surface area contributed by atoms with E-state index >= 15 is 0 Å². The van der Waals surface area contributed by atoms with E-state index in [0.29, 0.717) is 11.3 Å². The Morgan fingerprint density at radius 2 is 1.96 bits per heavy atom. The quantitative estimate of drug-likeness (QED) is 0.424. The zero-order valence-corrected chi connectivity index (χ0v) is 12.9. The number of nitrogens with one attached hydrogen (secondary N) is 2. The molecule has 0 bridgehead atoms. The molecule has 0 saturated carbocycles. The van der Waals surface area contributed by atoms with Crippen LogP contribution in [-0.2, 0) is 0 Å². The fourth-order valence-corrected chi connectivity index (χ4v) is 2.14. The lowest BCUT2D eigenvalue weighted by atomic mass is 10.1. The molecular formula is C17H13N5O3. The van der Waals surface area contributed by atoms with E-state index in [0.717, 1.165) is 5.56 Å². The Morgan fingerprint density at radius 3 is 2.72 bits per heavy atom. The summed E-state index contributed by atoms with van der Waals surface area (Å²) in [5.41, 5.74) is 4.60. The second-order valence-electron chi connectivity index (χ2n) is 5.08. The average molecular weight is 335 g/mol. The topological polar surface area (TPSA) is 113 Å². The number of nitrogens with zero attached hydrogens (tertiary/aromatic N) is 3. The van der Waals surface area contributed by atoms with Crippen molar-refractivity contribution in [1.82, 2.24) is 15.6 Å². The molecule has 0 atom stereocenters. The third kappa shape index (κ3) is 3.94. The number of non-ortho nitro benzene ring substituents is 1. The summed E-state index contributed by atoms with van der Waals surface area (Å²) in [7, 11) is 0. The number of nitro groups is 1. The van der Waals surface area contributed by atoms with Gasteiger partial charge in [-0.25, -0.2) is 5.43 Å². The second kappa shape index (κ2) is 7.18. The molecule has 1 aromatic heterocycles. The minimum Gasteiger partial charge on any atom is -0.272 e. The van der Waals surface area contributed by atoms with Crippen molar-refractivity contribution in [3.05, 3.63) is 82.0 Å². The highest BCUT2D eigenvalue weighted by Gasteiger charge is 2.10. The number of carbonyl (C=O) groups excluding carboxylic acids is 1. The molecule has 8 nitrogen and oxygen atoms in total. The van der Waals surface area contributed by atoms with Gasteiger partial charge >= 0.3 is 0 Å². The van der Waals surface area contributed by atoms with Crippen LogP contribution in [0.2, 0.25) is 0 Å². The SMILES string of the molecule is O=C(N/N=C\c1cccc([N+](=O)[O-])c1)c1cc(-c2ccccc2)n[nH]1. The van der Waals surface area contributed by atoms with Gasteiger partial charge in [0, 0.05) is 23.3 Å². The molecule has 3 aromatic rings. The van der Waals surface area contributed by atoms with E-state index in [4.69, 9.17) is 0 Å². The minimum atomic E-state index is -0.494. The van der Waals surface area contributed by atoms with Crippen LogP contribution in [0.25, 0.3) is 11.3 Å². The van der Waals surface area contributed by atoms with E-state index in [1.807, 2.05) is 30.3 Å². The number of rotatable bonds is 5. The first kappa shape index (κ1) is 16.1. The third-order valence-corrected chi connectivity index (χ3v) is 3.35. The fourth-order valence-electron chi connectivity index (χ4n) is 2.14. The highest BCUT2D eigenvalue weighted by atomic mass is 16.6. The van der Waals surface area contributed by atoms with Crippen LogP contribution in [0.4, 0.5) is 5.69 Å². The first-order chi connectivity index (χ1) is 12.1. The molecule has 0 radical (unpaired) electrons. The van der Waals surface area contributed by atoms with Gasteiger partial charge in [0.05, 0.1) is 16.8 Å². The van der Waals surface area contributed by atoms with Crippen LogP contribution in [0.1, 0.15) is 16.1 Å². The van der Waals surface area contributed by atoms with Crippen LogP contribution in [0, 0.1) is 10.1 Å². The molecule has 2 N–H and O–H groups in total. The summed E-state index contributed by atoms with van der Waals surface area (Å²) >= 11 is 0. The van der Waals surface area contributed by atoms with Crippen LogP contribution in [0.15, 0.2) is 65.8 Å². The maximum atomic E-state index is 12.1. The minimum absolute atomic E-state index is 0.0450. The Labute approximate surface area is 142 Å². The summed E-state index contributed by atoms with van der Waals surface area (Å²) in [6.45, 7) is 0. The molecule has 124 valence electrons. The third-order valence-electron chi connectivity index (χ3n) is 3.35. The number of hydrogen-bond donors (Lipinski definition) is 2. The van der Waals surface area contributed by atoms with Gasteiger partial charge in [-0.1, -0.05) is 42.5 Å². The van der Waals surface area contributed by atoms with Gasteiger partial charge in [-0.2, -0.15) is 10.2 Å². The van der Waals surface area contributed by atoms with Gasteiger partial charge in [0.1, 0.15) is 5.69 Å². The summed E-state index contributed by atoms with van der Waals surface area (Å²) in [6, 6.07) is 17.0. The molecule has 1 heterocycles.